The second-order valence-corrected chi connectivity index (χ2v) is 4.70. The summed E-state index contributed by atoms with van der Waals surface area (Å²) in [5.41, 5.74) is 8.75. The molecule has 2 rings (SSSR count). The van der Waals surface area contributed by atoms with E-state index in [0.717, 1.165) is 17.8 Å². The molecule has 86 valence electrons. The van der Waals surface area contributed by atoms with Gasteiger partial charge in [0.15, 0.2) is 0 Å². The molecule has 1 aliphatic rings. The van der Waals surface area contributed by atoms with Gasteiger partial charge in [0.2, 0.25) is 5.91 Å². The van der Waals surface area contributed by atoms with Gasteiger partial charge in [0.1, 0.15) is 0 Å². The van der Waals surface area contributed by atoms with Crippen LogP contribution in [0.3, 0.4) is 0 Å². The Balaban J connectivity index is 2.52. The summed E-state index contributed by atoms with van der Waals surface area (Å²) in [6.07, 6.45) is 0.991. The van der Waals surface area contributed by atoms with E-state index in [0.29, 0.717) is 5.92 Å². The van der Waals surface area contributed by atoms with Gasteiger partial charge in [-0.3, -0.25) is 4.79 Å². The van der Waals surface area contributed by atoms with Crippen molar-refractivity contribution in [2.24, 2.45) is 5.92 Å². The molecule has 0 bridgehead atoms. The Morgan fingerprint density at radius 3 is 2.75 bits per heavy atom. The molecule has 2 atom stereocenters. The van der Waals surface area contributed by atoms with Crippen LogP contribution in [0, 0.1) is 5.92 Å². The zero-order valence-electron chi connectivity index (χ0n) is 10.0. The fourth-order valence-electron chi connectivity index (χ4n) is 2.45. The Labute approximate surface area is 96.2 Å². The molecular formula is C13H18N2O. The van der Waals surface area contributed by atoms with Gasteiger partial charge in [-0.15, -0.1) is 0 Å². The zero-order valence-corrected chi connectivity index (χ0v) is 10.0. The second kappa shape index (κ2) is 3.81. The predicted octanol–water partition coefficient (Wildman–Crippen LogP) is 2.20. The van der Waals surface area contributed by atoms with Gasteiger partial charge in [0.25, 0.3) is 0 Å². The van der Waals surface area contributed by atoms with Crippen LogP contribution in [0.5, 0.6) is 0 Å². The van der Waals surface area contributed by atoms with E-state index < -0.39 is 0 Å². The van der Waals surface area contributed by atoms with Crippen molar-refractivity contribution in [3.8, 4) is 0 Å². The van der Waals surface area contributed by atoms with E-state index in [1.54, 1.807) is 6.92 Å². The summed E-state index contributed by atoms with van der Waals surface area (Å²) in [4.78, 5) is 13.6. The minimum atomic E-state index is 0.102. The highest BCUT2D eigenvalue weighted by molar-refractivity contribution is 5.93. The van der Waals surface area contributed by atoms with E-state index in [1.807, 2.05) is 23.1 Å². The van der Waals surface area contributed by atoms with E-state index in [4.69, 9.17) is 5.73 Å². The normalized spacial score (nSPS) is 24.1. The monoisotopic (exact) mass is 218 g/mol. The molecule has 0 spiro atoms. The molecule has 2 N–H and O–H groups in total. The van der Waals surface area contributed by atoms with Gasteiger partial charge >= 0.3 is 0 Å². The number of fused-ring (bicyclic) bond motifs is 1. The maximum absolute atomic E-state index is 11.7. The number of benzene rings is 1. The highest BCUT2D eigenvalue weighted by Gasteiger charge is 2.30. The molecule has 1 amide bonds. The molecule has 3 nitrogen and oxygen atoms in total. The number of nitrogens with two attached hydrogens (primary N) is 1. The fourth-order valence-corrected chi connectivity index (χ4v) is 2.45. The fraction of sp³-hybridized carbons (Fsp3) is 0.462. The van der Waals surface area contributed by atoms with Gasteiger partial charge in [0.05, 0.1) is 0 Å². The molecule has 0 saturated carbocycles. The number of nitrogens with zero attached hydrogens (tertiary/aromatic N) is 1. The summed E-state index contributed by atoms with van der Waals surface area (Å²) in [7, 11) is 0. The third-order valence-electron chi connectivity index (χ3n) is 3.48. The quantitative estimate of drug-likeness (QED) is 0.678. The van der Waals surface area contributed by atoms with Crippen LogP contribution in [-0.4, -0.2) is 11.9 Å². The molecule has 3 heteroatoms. The molecule has 1 aliphatic heterocycles. The van der Waals surface area contributed by atoms with Crippen molar-refractivity contribution in [2.75, 3.05) is 10.6 Å². The van der Waals surface area contributed by atoms with Crippen LogP contribution in [-0.2, 0) is 11.2 Å². The standard InChI is InChI=1S/C13H18N2O/c1-8-6-11-7-12(14)4-5-13(11)15(9(8)2)10(3)16/h4-5,7-9H,6,14H2,1-3H3/t8-,9+/m1/s1. The van der Waals surface area contributed by atoms with Gasteiger partial charge in [-0.05, 0) is 43.0 Å². The van der Waals surface area contributed by atoms with Gasteiger partial charge in [-0.1, -0.05) is 6.92 Å². The van der Waals surface area contributed by atoms with Crippen molar-refractivity contribution in [2.45, 2.75) is 33.2 Å². The van der Waals surface area contributed by atoms with Gasteiger partial charge < -0.3 is 10.6 Å². The summed E-state index contributed by atoms with van der Waals surface area (Å²) >= 11 is 0. The number of amides is 1. The molecular weight excluding hydrogens is 200 g/mol. The number of rotatable bonds is 0. The van der Waals surface area contributed by atoms with Crippen LogP contribution in [0.1, 0.15) is 26.3 Å². The van der Waals surface area contributed by atoms with Crippen molar-refractivity contribution in [3.05, 3.63) is 23.8 Å². The lowest BCUT2D eigenvalue weighted by molar-refractivity contribution is -0.117. The summed E-state index contributed by atoms with van der Waals surface area (Å²) in [6.45, 7) is 5.90. The highest BCUT2D eigenvalue weighted by Crippen LogP contribution is 2.34. The molecule has 1 aromatic carbocycles. The summed E-state index contributed by atoms with van der Waals surface area (Å²) in [6, 6.07) is 6.05. The van der Waals surface area contributed by atoms with Crippen molar-refractivity contribution in [1.82, 2.24) is 0 Å². The number of carbonyl (C=O) groups excluding carboxylic acids is 1. The average molecular weight is 218 g/mol. The predicted molar refractivity (Wildman–Crippen MR) is 66.3 cm³/mol. The first-order chi connectivity index (χ1) is 7.50. The Morgan fingerprint density at radius 1 is 1.44 bits per heavy atom. The van der Waals surface area contributed by atoms with Gasteiger partial charge in [-0.25, -0.2) is 0 Å². The molecule has 0 fully saturated rings. The third-order valence-corrected chi connectivity index (χ3v) is 3.48. The van der Waals surface area contributed by atoms with Crippen LogP contribution in [0.25, 0.3) is 0 Å². The summed E-state index contributed by atoms with van der Waals surface area (Å²) in [5.74, 6) is 0.572. The molecule has 16 heavy (non-hydrogen) atoms. The first-order valence-corrected chi connectivity index (χ1v) is 5.69. The minimum absolute atomic E-state index is 0.102. The van der Waals surface area contributed by atoms with Crippen molar-refractivity contribution in [3.63, 3.8) is 0 Å². The van der Waals surface area contributed by atoms with E-state index in [-0.39, 0.29) is 11.9 Å². The van der Waals surface area contributed by atoms with Crippen molar-refractivity contribution >= 4 is 17.3 Å². The lowest BCUT2D eigenvalue weighted by atomic mass is 9.87. The van der Waals surface area contributed by atoms with E-state index in [2.05, 4.69) is 13.8 Å². The second-order valence-electron chi connectivity index (χ2n) is 4.70. The number of anilines is 2. The van der Waals surface area contributed by atoms with Crippen LogP contribution < -0.4 is 10.6 Å². The van der Waals surface area contributed by atoms with Crippen LogP contribution >= 0.6 is 0 Å². The molecule has 1 aromatic rings. The lowest BCUT2D eigenvalue weighted by Crippen LogP contribution is -2.45. The molecule has 0 radical (unpaired) electrons. The summed E-state index contributed by atoms with van der Waals surface area (Å²) in [5, 5.41) is 0. The number of hydrogen-bond donors (Lipinski definition) is 1. The Bertz CT molecular complexity index is 428. The van der Waals surface area contributed by atoms with E-state index >= 15 is 0 Å². The van der Waals surface area contributed by atoms with Gasteiger partial charge in [0, 0.05) is 24.3 Å². The number of carbonyl (C=O) groups is 1. The highest BCUT2D eigenvalue weighted by atomic mass is 16.2. The minimum Gasteiger partial charge on any atom is -0.399 e. The maximum Gasteiger partial charge on any atom is 0.224 e. The van der Waals surface area contributed by atoms with Crippen LogP contribution in [0.2, 0.25) is 0 Å². The first-order valence-electron chi connectivity index (χ1n) is 5.69. The van der Waals surface area contributed by atoms with E-state index in [9.17, 15) is 4.79 Å². The molecule has 0 aromatic heterocycles. The van der Waals surface area contributed by atoms with Crippen molar-refractivity contribution < 1.29 is 4.79 Å². The Morgan fingerprint density at radius 2 is 2.12 bits per heavy atom. The lowest BCUT2D eigenvalue weighted by Gasteiger charge is -2.39. The number of hydrogen-bond acceptors (Lipinski definition) is 2. The van der Waals surface area contributed by atoms with Gasteiger partial charge in [-0.2, -0.15) is 0 Å². The van der Waals surface area contributed by atoms with Crippen LogP contribution in [0.4, 0.5) is 11.4 Å². The zero-order chi connectivity index (χ0) is 11.9. The smallest absolute Gasteiger partial charge is 0.224 e. The maximum atomic E-state index is 11.7. The Hall–Kier alpha value is -1.51. The molecule has 0 saturated heterocycles. The summed E-state index contributed by atoms with van der Waals surface area (Å²) < 4.78 is 0. The third kappa shape index (κ3) is 1.66. The first kappa shape index (κ1) is 11.0. The van der Waals surface area contributed by atoms with Crippen molar-refractivity contribution in [1.29, 1.82) is 0 Å². The van der Waals surface area contributed by atoms with E-state index in [1.165, 1.54) is 5.56 Å². The topological polar surface area (TPSA) is 46.3 Å². The average Bonchev–Trinajstić information content (AvgIpc) is 2.19. The Kier molecular flexibility index (Phi) is 2.62. The SMILES string of the molecule is CC(=O)N1c2ccc(N)cc2C[C@@H](C)[C@@H]1C. The van der Waals surface area contributed by atoms with Crippen LogP contribution in [0.15, 0.2) is 18.2 Å². The number of nitrogen functional groups attached to an aromatic ring is 1. The largest absolute Gasteiger partial charge is 0.399 e. The molecule has 0 aliphatic carbocycles. The molecule has 1 heterocycles. The molecule has 0 unspecified atom stereocenters.